The van der Waals surface area contributed by atoms with Gasteiger partial charge >= 0.3 is 6.09 Å². The Morgan fingerprint density at radius 3 is 2.24 bits per heavy atom. The van der Waals surface area contributed by atoms with E-state index in [2.05, 4.69) is 10.6 Å². The number of hydrogen-bond donors (Lipinski definition) is 2. The van der Waals surface area contributed by atoms with E-state index in [0.29, 0.717) is 23.5 Å². The molecule has 0 unspecified atom stereocenters. The molecule has 7 heteroatoms. The second-order valence-electron chi connectivity index (χ2n) is 7.92. The Bertz CT molecular complexity index is 946. The van der Waals surface area contributed by atoms with E-state index in [1.807, 2.05) is 12.1 Å². The third kappa shape index (κ3) is 5.13. The molecule has 2 aromatic carbocycles. The molecule has 0 saturated carbocycles. The van der Waals surface area contributed by atoms with Gasteiger partial charge in [-0.3, -0.25) is 14.9 Å². The Balaban J connectivity index is 1.63. The standard InChI is InChI=1S/C22H25N3O4/c1-14(26)25-12-11-16-13-18(9-10-19(16)25)23-20(27)15-5-7-17(8-6-15)24-21(28)29-22(2,3)4/h5-10,13H,11-12H2,1-4H3,(H,23,27)(H,24,28). The minimum Gasteiger partial charge on any atom is -0.444 e. The highest BCUT2D eigenvalue weighted by Crippen LogP contribution is 2.30. The third-order valence-electron chi connectivity index (χ3n) is 4.41. The van der Waals surface area contributed by atoms with Crippen LogP contribution in [0.4, 0.5) is 21.9 Å². The number of anilines is 3. The predicted octanol–water partition coefficient (Wildman–Crippen LogP) is 4.19. The maximum absolute atomic E-state index is 12.5. The van der Waals surface area contributed by atoms with Crippen LogP contribution >= 0.6 is 0 Å². The molecule has 0 atom stereocenters. The van der Waals surface area contributed by atoms with Crippen LogP contribution in [0.15, 0.2) is 42.5 Å². The van der Waals surface area contributed by atoms with E-state index >= 15 is 0 Å². The van der Waals surface area contributed by atoms with E-state index in [0.717, 1.165) is 17.7 Å². The zero-order chi connectivity index (χ0) is 21.2. The summed E-state index contributed by atoms with van der Waals surface area (Å²) in [6, 6.07) is 12.1. The summed E-state index contributed by atoms with van der Waals surface area (Å²) in [6.07, 6.45) is 0.219. The summed E-state index contributed by atoms with van der Waals surface area (Å²) < 4.78 is 5.20. The fraction of sp³-hybridized carbons (Fsp3) is 0.318. The van der Waals surface area contributed by atoms with Crippen molar-refractivity contribution in [1.29, 1.82) is 0 Å². The second-order valence-corrected chi connectivity index (χ2v) is 7.92. The van der Waals surface area contributed by atoms with Crippen LogP contribution in [0.3, 0.4) is 0 Å². The van der Waals surface area contributed by atoms with Crippen LogP contribution in [0.2, 0.25) is 0 Å². The number of nitrogens with zero attached hydrogens (tertiary/aromatic N) is 1. The minimum absolute atomic E-state index is 0.0145. The summed E-state index contributed by atoms with van der Waals surface area (Å²) in [5.74, 6) is -0.240. The van der Waals surface area contributed by atoms with E-state index in [1.165, 1.54) is 0 Å². The van der Waals surface area contributed by atoms with Gasteiger partial charge in [0.25, 0.3) is 5.91 Å². The Kier molecular flexibility index (Phi) is 5.59. The number of fused-ring (bicyclic) bond motifs is 1. The highest BCUT2D eigenvalue weighted by molar-refractivity contribution is 6.05. The summed E-state index contributed by atoms with van der Waals surface area (Å²) >= 11 is 0. The van der Waals surface area contributed by atoms with Crippen LogP contribution in [0.25, 0.3) is 0 Å². The number of benzene rings is 2. The van der Waals surface area contributed by atoms with Gasteiger partial charge in [0.05, 0.1) is 0 Å². The van der Waals surface area contributed by atoms with Crippen molar-refractivity contribution in [3.05, 3.63) is 53.6 Å². The molecule has 3 rings (SSSR count). The quantitative estimate of drug-likeness (QED) is 0.815. The normalized spacial score (nSPS) is 12.9. The average Bonchev–Trinajstić information content (AvgIpc) is 3.04. The molecule has 0 fully saturated rings. The van der Waals surface area contributed by atoms with Crippen molar-refractivity contribution in [2.24, 2.45) is 0 Å². The fourth-order valence-electron chi connectivity index (χ4n) is 3.14. The molecule has 0 saturated heterocycles. The summed E-state index contributed by atoms with van der Waals surface area (Å²) in [5, 5.41) is 5.50. The highest BCUT2D eigenvalue weighted by atomic mass is 16.6. The van der Waals surface area contributed by atoms with Gasteiger partial charge in [-0.05, 0) is 75.2 Å². The van der Waals surface area contributed by atoms with Crippen LogP contribution in [0.5, 0.6) is 0 Å². The molecule has 2 aromatic rings. The maximum Gasteiger partial charge on any atom is 0.412 e. The van der Waals surface area contributed by atoms with Crippen LogP contribution in [-0.4, -0.2) is 30.1 Å². The van der Waals surface area contributed by atoms with Crippen molar-refractivity contribution in [2.45, 2.75) is 39.7 Å². The van der Waals surface area contributed by atoms with E-state index in [-0.39, 0.29) is 11.8 Å². The summed E-state index contributed by atoms with van der Waals surface area (Å²) in [6.45, 7) is 7.57. The number of nitrogens with one attached hydrogen (secondary N) is 2. The van der Waals surface area contributed by atoms with E-state index in [9.17, 15) is 14.4 Å². The van der Waals surface area contributed by atoms with Gasteiger partial charge in [0, 0.05) is 36.1 Å². The van der Waals surface area contributed by atoms with Gasteiger partial charge in [-0.15, -0.1) is 0 Å². The van der Waals surface area contributed by atoms with Gasteiger partial charge in [-0.2, -0.15) is 0 Å². The Labute approximate surface area is 170 Å². The van der Waals surface area contributed by atoms with E-state index in [1.54, 1.807) is 62.9 Å². The van der Waals surface area contributed by atoms with Crippen LogP contribution in [0, 0.1) is 0 Å². The highest BCUT2D eigenvalue weighted by Gasteiger charge is 2.22. The molecule has 152 valence electrons. The van der Waals surface area contributed by atoms with Gasteiger partial charge in [0.15, 0.2) is 0 Å². The van der Waals surface area contributed by atoms with Crippen molar-refractivity contribution in [3.8, 4) is 0 Å². The van der Waals surface area contributed by atoms with Gasteiger partial charge in [0.1, 0.15) is 5.60 Å². The second kappa shape index (κ2) is 7.95. The number of carbonyl (C=O) groups excluding carboxylic acids is 3. The largest absolute Gasteiger partial charge is 0.444 e. The van der Waals surface area contributed by atoms with Crippen LogP contribution in [0.1, 0.15) is 43.6 Å². The van der Waals surface area contributed by atoms with Crippen molar-refractivity contribution < 1.29 is 19.1 Å². The van der Waals surface area contributed by atoms with Crippen molar-refractivity contribution in [1.82, 2.24) is 0 Å². The number of rotatable bonds is 3. The number of amides is 3. The van der Waals surface area contributed by atoms with Gasteiger partial charge < -0.3 is 15.0 Å². The average molecular weight is 395 g/mol. The molecule has 1 aliphatic heterocycles. The molecule has 0 aromatic heterocycles. The van der Waals surface area contributed by atoms with Gasteiger partial charge in [-0.25, -0.2) is 4.79 Å². The van der Waals surface area contributed by atoms with Crippen molar-refractivity contribution in [3.63, 3.8) is 0 Å². The molecule has 0 bridgehead atoms. The van der Waals surface area contributed by atoms with Crippen molar-refractivity contribution >= 4 is 35.0 Å². The summed E-state index contributed by atoms with van der Waals surface area (Å²) in [4.78, 5) is 37.7. The molecule has 0 spiro atoms. The first kappa shape index (κ1) is 20.4. The van der Waals surface area contributed by atoms with Gasteiger partial charge in [-0.1, -0.05) is 0 Å². The van der Waals surface area contributed by atoms with E-state index in [4.69, 9.17) is 4.74 Å². The number of ether oxygens (including phenoxy) is 1. The molecule has 2 N–H and O–H groups in total. The molecule has 7 nitrogen and oxygen atoms in total. The maximum atomic E-state index is 12.5. The molecular weight excluding hydrogens is 370 g/mol. The molecule has 3 amide bonds. The Morgan fingerprint density at radius 2 is 1.62 bits per heavy atom. The third-order valence-corrected chi connectivity index (χ3v) is 4.41. The lowest BCUT2D eigenvalue weighted by molar-refractivity contribution is -0.116. The zero-order valence-electron chi connectivity index (χ0n) is 17.0. The number of hydrogen-bond acceptors (Lipinski definition) is 4. The summed E-state index contributed by atoms with van der Waals surface area (Å²) in [5.41, 5.74) is 3.03. The number of carbonyl (C=O) groups is 3. The van der Waals surface area contributed by atoms with Crippen LogP contribution < -0.4 is 15.5 Å². The van der Waals surface area contributed by atoms with Crippen LogP contribution in [-0.2, 0) is 16.0 Å². The van der Waals surface area contributed by atoms with E-state index < -0.39 is 11.7 Å². The van der Waals surface area contributed by atoms with Crippen molar-refractivity contribution in [2.75, 3.05) is 22.1 Å². The first-order chi connectivity index (χ1) is 13.6. The molecule has 29 heavy (non-hydrogen) atoms. The Hall–Kier alpha value is -3.35. The lowest BCUT2D eigenvalue weighted by Gasteiger charge is -2.19. The predicted molar refractivity (Wildman–Crippen MR) is 112 cm³/mol. The fourth-order valence-corrected chi connectivity index (χ4v) is 3.14. The SMILES string of the molecule is CC(=O)N1CCc2cc(NC(=O)c3ccc(NC(=O)OC(C)(C)C)cc3)ccc21. The lowest BCUT2D eigenvalue weighted by Crippen LogP contribution is -2.27. The zero-order valence-corrected chi connectivity index (χ0v) is 17.0. The molecular formula is C22H25N3O4. The minimum atomic E-state index is -0.582. The lowest BCUT2D eigenvalue weighted by atomic mass is 10.1. The molecule has 0 radical (unpaired) electrons. The Morgan fingerprint density at radius 1 is 0.966 bits per heavy atom. The molecule has 1 heterocycles. The molecule has 1 aliphatic rings. The van der Waals surface area contributed by atoms with Gasteiger partial charge in [0.2, 0.25) is 5.91 Å². The summed E-state index contributed by atoms with van der Waals surface area (Å²) in [7, 11) is 0. The topological polar surface area (TPSA) is 87.7 Å². The smallest absolute Gasteiger partial charge is 0.412 e. The monoisotopic (exact) mass is 395 g/mol. The first-order valence-electron chi connectivity index (χ1n) is 9.45. The molecule has 0 aliphatic carbocycles. The first-order valence-corrected chi connectivity index (χ1v) is 9.45.